The first kappa shape index (κ1) is 16.7. The van der Waals surface area contributed by atoms with E-state index in [2.05, 4.69) is 41.8 Å². The smallest absolute Gasteiger partial charge is 0.172 e. The molecule has 2 heterocycles. The molecule has 0 unspecified atom stereocenters. The molecule has 4 nitrogen and oxygen atoms in total. The van der Waals surface area contributed by atoms with Gasteiger partial charge in [0.25, 0.3) is 0 Å². The van der Waals surface area contributed by atoms with Crippen molar-refractivity contribution in [2.75, 3.05) is 0 Å². The van der Waals surface area contributed by atoms with Crippen LogP contribution in [0.15, 0.2) is 57.7 Å². The molecule has 2 aromatic heterocycles. The van der Waals surface area contributed by atoms with Crippen LogP contribution in [-0.4, -0.2) is 21.5 Å². The molecule has 2 N–H and O–H groups in total. The minimum absolute atomic E-state index is 0.0913. The minimum Gasteiger partial charge on any atom is -0.361 e. The van der Waals surface area contributed by atoms with Crippen molar-refractivity contribution >= 4 is 76.4 Å². The van der Waals surface area contributed by atoms with E-state index in [9.17, 15) is 9.59 Å². The lowest BCUT2D eigenvalue weighted by atomic mass is 9.95. The van der Waals surface area contributed by atoms with Crippen molar-refractivity contribution < 1.29 is 9.59 Å². The molecule has 0 radical (unpaired) electrons. The van der Waals surface area contributed by atoms with Gasteiger partial charge in [0.2, 0.25) is 0 Å². The monoisotopic (exact) mass is 482 g/mol. The van der Waals surface area contributed by atoms with Crippen molar-refractivity contribution in [1.82, 2.24) is 9.97 Å². The Morgan fingerprint density at radius 1 is 0.704 bits per heavy atom. The molecular formula is C21H12Br2N2O2. The third-order valence-electron chi connectivity index (χ3n) is 4.96. The maximum Gasteiger partial charge on any atom is 0.172 e. The van der Waals surface area contributed by atoms with E-state index in [1.165, 1.54) is 0 Å². The lowest BCUT2D eigenvalue weighted by Gasteiger charge is -2.05. The summed E-state index contributed by atoms with van der Waals surface area (Å²) in [5.74, 6) is -0.277. The largest absolute Gasteiger partial charge is 0.361 e. The van der Waals surface area contributed by atoms with E-state index in [0.29, 0.717) is 11.1 Å². The van der Waals surface area contributed by atoms with E-state index in [4.69, 9.17) is 0 Å². The number of halogens is 2. The maximum atomic E-state index is 12.8. The standard InChI is InChI=1S/C21H12Br2N2O2/c22-10-1-3-16-12(5-10)14(8-24-16)20-18(26)7-19(27)21(20)15-9-25-17-4-2-11(23)6-13(15)17/h1-6,8-9,24-25H,7H2. The number of nitrogens with one attached hydrogen (secondary N) is 2. The number of allylic oxidation sites excluding steroid dienone is 2. The van der Waals surface area contributed by atoms with Gasteiger partial charge in [-0.1, -0.05) is 31.9 Å². The predicted molar refractivity (Wildman–Crippen MR) is 113 cm³/mol. The maximum absolute atomic E-state index is 12.8. The zero-order valence-electron chi connectivity index (χ0n) is 13.9. The van der Waals surface area contributed by atoms with Gasteiger partial charge >= 0.3 is 0 Å². The number of carbonyl (C=O) groups is 2. The van der Waals surface area contributed by atoms with Gasteiger partial charge in [0, 0.05) is 65.4 Å². The molecule has 27 heavy (non-hydrogen) atoms. The van der Waals surface area contributed by atoms with Gasteiger partial charge in [-0.3, -0.25) is 9.59 Å². The number of benzene rings is 2. The van der Waals surface area contributed by atoms with Crippen LogP contribution in [0.5, 0.6) is 0 Å². The van der Waals surface area contributed by atoms with Gasteiger partial charge in [-0.15, -0.1) is 0 Å². The van der Waals surface area contributed by atoms with Crippen molar-refractivity contribution in [3.8, 4) is 0 Å². The first-order valence-electron chi connectivity index (χ1n) is 8.37. The molecule has 0 saturated carbocycles. The van der Waals surface area contributed by atoms with E-state index in [0.717, 1.165) is 41.9 Å². The van der Waals surface area contributed by atoms with Gasteiger partial charge in [-0.05, 0) is 36.4 Å². The summed E-state index contributed by atoms with van der Waals surface area (Å²) in [5, 5.41) is 1.84. The van der Waals surface area contributed by atoms with E-state index in [1.807, 2.05) is 48.8 Å². The fourth-order valence-corrected chi connectivity index (χ4v) is 4.49. The average molecular weight is 484 g/mol. The molecule has 132 valence electrons. The van der Waals surface area contributed by atoms with Crippen LogP contribution in [0.4, 0.5) is 0 Å². The summed E-state index contributed by atoms with van der Waals surface area (Å²) in [6.45, 7) is 0. The summed E-state index contributed by atoms with van der Waals surface area (Å²) in [5.41, 5.74) is 4.36. The molecule has 0 aliphatic heterocycles. The summed E-state index contributed by atoms with van der Waals surface area (Å²) >= 11 is 6.98. The molecule has 2 aromatic carbocycles. The van der Waals surface area contributed by atoms with Crippen molar-refractivity contribution in [3.63, 3.8) is 0 Å². The van der Waals surface area contributed by atoms with Gasteiger partial charge in [0.05, 0.1) is 6.42 Å². The number of fused-ring (bicyclic) bond motifs is 2. The highest BCUT2D eigenvalue weighted by Gasteiger charge is 2.34. The Hall–Kier alpha value is -2.44. The summed E-state index contributed by atoms with van der Waals surface area (Å²) in [4.78, 5) is 32.0. The van der Waals surface area contributed by atoms with Crippen molar-refractivity contribution in [2.45, 2.75) is 6.42 Å². The highest BCUT2D eigenvalue weighted by Crippen LogP contribution is 2.41. The van der Waals surface area contributed by atoms with Crippen LogP contribution in [0.25, 0.3) is 33.0 Å². The SMILES string of the molecule is O=C1CC(=O)C(c2c[nH]c3ccc(Br)cc23)=C1c1c[nH]c2ccc(Br)cc12. The summed E-state index contributed by atoms with van der Waals surface area (Å²) < 4.78 is 1.84. The number of ketones is 2. The third-order valence-corrected chi connectivity index (χ3v) is 5.94. The molecule has 0 spiro atoms. The lowest BCUT2D eigenvalue weighted by molar-refractivity contribution is -0.119. The summed E-state index contributed by atoms with van der Waals surface area (Å²) in [6.07, 6.45) is 3.54. The van der Waals surface area contributed by atoms with Gasteiger partial charge in [-0.2, -0.15) is 0 Å². The number of Topliss-reactive ketones (excluding diaryl/α,β-unsaturated/α-hetero) is 2. The fourth-order valence-electron chi connectivity index (χ4n) is 3.77. The van der Waals surface area contributed by atoms with Gasteiger partial charge in [0.1, 0.15) is 0 Å². The molecular weight excluding hydrogens is 472 g/mol. The quantitative estimate of drug-likeness (QED) is 0.363. The highest BCUT2D eigenvalue weighted by atomic mass is 79.9. The Bertz CT molecular complexity index is 1210. The van der Waals surface area contributed by atoms with Crippen molar-refractivity contribution in [3.05, 3.63) is 68.9 Å². The van der Waals surface area contributed by atoms with E-state index >= 15 is 0 Å². The van der Waals surface area contributed by atoms with Crippen LogP contribution in [-0.2, 0) is 9.59 Å². The average Bonchev–Trinajstić information content (AvgIpc) is 3.29. The number of hydrogen-bond acceptors (Lipinski definition) is 2. The van der Waals surface area contributed by atoms with Crippen LogP contribution in [0.1, 0.15) is 17.5 Å². The third kappa shape index (κ3) is 2.55. The number of H-pyrrole nitrogens is 2. The molecule has 5 rings (SSSR count). The number of aromatic amines is 2. The van der Waals surface area contributed by atoms with Crippen LogP contribution in [0.2, 0.25) is 0 Å². The van der Waals surface area contributed by atoms with Gasteiger partial charge in [0.15, 0.2) is 11.6 Å². The minimum atomic E-state index is -0.139. The second-order valence-corrected chi connectivity index (χ2v) is 8.39. The number of carbonyl (C=O) groups excluding carboxylic acids is 2. The Morgan fingerprint density at radius 2 is 1.15 bits per heavy atom. The van der Waals surface area contributed by atoms with Crippen molar-refractivity contribution in [1.29, 1.82) is 0 Å². The van der Waals surface area contributed by atoms with Crippen molar-refractivity contribution in [2.24, 2.45) is 0 Å². The van der Waals surface area contributed by atoms with Crippen LogP contribution in [0.3, 0.4) is 0 Å². The molecule has 1 aliphatic rings. The number of hydrogen-bond donors (Lipinski definition) is 2. The predicted octanol–water partition coefficient (Wildman–Crippen LogP) is 5.63. The second kappa shape index (κ2) is 6.04. The molecule has 1 aliphatic carbocycles. The van der Waals surface area contributed by atoms with Gasteiger partial charge in [-0.25, -0.2) is 0 Å². The molecule has 4 aromatic rings. The van der Waals surface area contributed by atoms with Crippen LogP contribution < -0.4 is 0 Å². The first-order chi connectivity index (χ1) is 13.0. The van der Waals surface area contributed by atoms with E-state index in [1.54, 1.807) is 0 Å². The summed E-state index contributed by atoms with van der Waals surface area (Å²) in [6, 6.07) is 11.7. The number of aromatic nitrogens is 2. The Labute approximate surface area is 170 Å². The number of rotatable bonds is 2. The zero-order valence-corrected chi connectivity index (χ0v) is 17.1. The molecule has 6 heteroatoms. The Kier molecular flexibility index (Phi) is 3.74. The Morgan fingerprint density at radius 3 is 1.59 bits per heavy atom. The molecule has 0 bridgehead atoms. The lowest BCUT2D eigenvalue weighted by Crippen LogP contribution is -1.96. The highest BCUT2D eigenvalue weighted by molar-refractivity contribution is 9.10. The first-order valence-corrected chi connectivity index (χ1v) is 9.96. The molecule has 0 atom stereocenters. The molecule has 0 saturated heterocycles. The van der Waals surface area contributed by atoms with E-state index < -0.39 is 0 Å². The Balaban J connectivity index is 1.84. The topological polar surface area (TPSA) is 65.7 Å². The van der Waals surface area contributed by atoms with Crippen LogP contribution in [0, 0.1) is 0 Å². The van der Waals surface area contributed by atoms with Gasteiger partial charge < -0.3 is 9.97 Å². The normalized spacial score (nSPS) is 14.9. The zero-order chi connectivity index (χ0) is 18.7. The summed E-state index contributed by atoms with van der Waals surface area (Å²) in [7, 11) is 0. The van der Waals surface area contributed by atoms with E-state index in [-0.39, 0.29) is 18.0 Å². The molecule has 0 amide bonds. The second-order valence-electron chi connectivity index (χ2n) is 6.56. The fraction of sp³-hybridized carbons (Fsp3) is 0.0476. The molecule has 0 fully saturated rings. The van der Waals surface area contributed by atoms with Crippen LogP contribution >= 0.6 is 31.9 Å².